The molecule has 2 rings (SSSR count). The van der Waals surface area contributed by atoms with Crippen LogP contribution in [-0.4, -0.2) is 28.6 Å². The molecule has 5 heteroatoms. The molecule has 0 aliphatic rings. The second-order valence-electron chi connectivity index (χ2n) is 4.45. The molecule has 0 aliphatic heterocycles. The van der Waals surface area contributed by atoms with Crippen molar-refractivity contribution in [1.29, 1.82) is 0 Å². The minimum absolute atomic E-state index is 0.591. The minimum Gasteiger partial charge on any atom is -0.496 e. The number of methoxy groups -OCH3 is 1. The molecule has 19 heavy (non-hydrogen) atoms. The standard InChI is InChI=1S/C14H20N4O/c1-3-11-4-5-14(19-2)12(8-11)9-18-10-13(6-7-15)16-17-18/h4-5,8,10H,3,6-7,9,15H2,1-2H3. The average molecular weight is 260 g/mol. The third kappa shape index (κ3) is 3.32. The Labute approximate surface area is 113 Å². The third-order valence-corrected chi connectivity index (χ3v) is 3.07. The highest BCUT2D eigenvalue weighted by molar-refractivity contribution is 5.37. The molecule has 0 saturated carbocycles. The molecule has 102 valence electrons. The molecule has 1 heterocycles. The fraction of sp³-hybridized carbons (Fsp3) is 0.429. The van der Waals surface area contributed by atoms with Gasteiger partial charge in [0.05, 0.1) is 19.3 Å². The molecule has 2 aromatic rings. The van der Waals surface area contributed by atoms with Crippen LogP contribution < -0.4 is 10.5 Å². The van der Waals surface area contributed by atoms with Crippen LogP contribution in [0.5, 0.6) is 5.75 Å². The van der Waals surface area contributed by atoms with E-state index in [-0.39, 0.29) is 0 Å². The van der Waals surface area contributed by atoms with Crippen molar-refractivity contribution in [2.75, 3.05) is 13.7 Å². The summed E-state index contributed by atoms with van der Waals surface area (Å²) in [5.41, 5.74) is 8.84. The van der Waals surface area contributed by atoms with E-state index >= 15 is 0 Å². The van der Waals surface area contributed by atoms with E-state index in [1.54, 1.807) is 7.11 Å². The number of rotatable bonds is 6. The number of aryl methyl sites for hydroxylation is 1. The summed E-state index contributed by atoms with van der Waals surface area (Å²) in [7, 11) is 1.69. The maximum Gasteiger partial charge on any atom is 0.123 e. The molecular weight excluding hydrogens is 240 g/mol. The van der Waals surface area contributed by atoms with Crippen LogP contribution in [0, 0.1) is 0 Å². The van der Waals surface area contributed by atoms with Gasteiger partial charge in [-0.15, -0.1) is 5.10 Å². The van der Waals surface area contributed by atoms with Crippen LogP contribution >= 0.6 is 0 Å². The Morgan fingerprint density at radius 2 is 2.21 bits per heavy atom. The number of hydrogen-bond donors (Lipinski definition) is 1. The lowest BCUT2D eigenvalue weighted by Crippen LogP contribution is -2.04. The Bertz CT molecular complexity index is 536. The van der Waals surface area contributed by atoms with Crippen LogP contribution in [0.15, 0.2) is 24.4 Å². The monoisotopic (exact) mass is 260 g/mol. The van der Waals surface area contributed by atoms with Crippen LogP contribution in [0.25, 0.3) is 0 Å². The number of aromatic nitrogens is 3. The molecule has 5 nitrogen and oxygen atoms in total. The molecule has 0 fully saturated rings. The Morgan fingerprint density at radius 1 is 1.37 bits per heavy atom. The summed E-state index contributed by atoms with van der Waals surface area (Å²) >= 11 is 0. The van der Waals surface area contributed by atoms with E-state index in [9.17, 15) is 0 Å². The first-order valence-electron chi connectivity index (χ1n) is 6.51. The second-order valence-corrected chi connectivity index (χ2v) is 4.45. The lowest BCUT2D eigenvalue weighted by molar-refractivity contribution is 0.407. The Morgan fingerprint density at radius 3 is 2.89 bits per heavy atom. The highest BCUT2D eigenvalue weighted by atomic mass is 16.5. The van der Waals surface area contributed by atoms with Crippen LogP contribution in [-0.2, 0) is 19.4 Å². The lowest BCUT2D eigenvalue weighted by atomic mass is 10.1. The summed E-state index contributed by atoms with van der Waals surface area (Å²) < 4.78 is 7.21. The molecule has 0 spiro atoms. The van der Waals surface area contributed by atoms with Crippen molar-refractivity contribution < 1.29 is 4.74 Å². The van der Waals surface area contributed by atoms with Gasteiger partial charge in [-0.1, -0.05) is 24.3 Å². The average Bonchev–Trinajstić information content (AvgIpc) is 2.86. The van der Waals surface area contributed by atoms with Gasteiger partial charge in [-0.25, -0.2) is 4.68 Å². The van der Waals surface area contributed by atoms with Crippen molar-refractivity contribution in [3.05, 3.63) is 41.2 Å². The van der Waals surface area contributed by atoms with Crippen molar-refractivity contribution in [3.8, 4) is 5.75 Å². The third-order valence-electron chi connectivity index (χ3n) is 3.07. The van der Waals surface area contributed by atoms with Gasteiger partial charge in [-0.05, 0) is 24.6 Å². The highest BCUT2D eigenvalue weighted by Gasteiger charge is 2.07. The molecule has 0 unspecified atom stereocenters. The van der Waals surface area contributed by atoms with Gasteiger partial charge in [0, 0.05) is 18.2 Å². The van der Waals surface area contributed by atoms with E-state index in [1.165, 1.54) is 5.56 Å². The van der Waals surface area contributed by atoms with E-state index in [1.807, 2.05) is 16.9 Å². The molecule has 0 aliphatic carbocycles. The van der Waals surface area contributed by atoms with Gasteiger partial charge >= 0.3 is 0 Å². The first-order valence-corrected chi connectivity index (χ1v) is 6.51. The summed E-state index contributed by atoms with van der Waals surface area (Å²) in [5.74, 6) is 0.882. The van der Waals surface area contributed by atoms with Gasteiger partial charge in [0.1, 0.15) is 5.75 Å². The molecule has 1 aromatic carbocycles. The van der Waals surface area contributed by atoms with Gasteiger partial charge in [0.2, 0.25) is 0 Å². The predicted octanol–water partition coefficient (Wildman–Crippen LogP) is 1.40. The molecule has 0 radical (unpaired) electrons. The van der Waals surface area contributed by atoms with Crippen LogP contribution in [0.3, 0.4) is 0 Å². The van der Waals surface area contributed by atoms with E-state index in [2.05, 4.69) is 29.4 Å². The fourth-order valence-corrected chi connectivity index (χ4v) is 2.03. The normalized spacial score (nSPS) is 10.7. The summed E-state index contributed by atoms with van der Waals surface area (Å²) in [5, 5.41) is 8.21. The van der Waals surface area contributed by atoms with E-state index in [4.69, 9.17) is 10.5 Å². The molecule has 1 aromatic heterocycles. The number of benzene rings is 1. The zero-order chi connectivity index (χ0) is 13.7. The number of nitrogens with zero attached hydrogens (tertiary/aromatic N) is 3. The molecule has 0 atom stereocenters. The minimum atomic E-state index is 0.591. The summed E-state index contributed by atoms with van der Waals surface area (Å²) in [6, 6.07) is 6.25. The van der Waals surface area contributed by atoms with Gasteiger partial charge in [-0.3, -0.25) is 0 Å². The largest absolute Gasteiger partial charge is 0.496 e. The van der Waals surface area contributed by atoms with Gasteiger partial charge in [0.25, 0.3) is 0 Å². The summed E-state index contributed by atoms with van der Waals surface area (Å²) in [6.07, 6.45) is 3.70. The number of nitrogens with two attached hydrogens (primary N) is 1. The van der Waals surface area contributed by atoms with Gasteiger partial charge in [-0.2, -0.15) is 0 Å². The highest BCUT2D eigenvalue weighted by Crippen LogP contribution is 2.21. The van der Waals surface area contributed by atoms with Gasteiger partial charge < -0.3 is 10.5 Å². The topological polar surface area (TPSA) is 66.0 Å². The van der Waals surface area contributed by atoms with Crippen molar-refractivity contribution >= 4 is 0 Å². The van der Waals surface area contributed by atoms with Gasteiger partial charge in [0.15, 0.2) is 0 Å². The van der Waals surface area contributed by atoms with E-state index in [0.29, 0.717) is 13.1 Å². The summed E-state index contributed by atoms with van der Waals surface area (Å²) in [4.78, 5) is 0. The van der Waals surface area contributed by atoms with Crippen molar-refractivity contribution in [2.45, 2.75) is 26.3 Å². The zero-order valence-corrected chi connectivity index (χ0v) is 11.5. The quantitative estimate of drug-likeness (QED) is 0.852. The first-order chi connectivity index (χ1) is 9.26. The Balaban J connectivity index is 2.20. The fourth-order valence-electron chi connectivity index (χ4n) is 2.03. The van der Waals surface area contributed by atoms with Crippen LogP contribution in [0.1, 0.15) is 23.7 Å². The predicted molar refractivity (Wildman–Crippen MR) is 74.3 cm³/mol. The molecule has 0 bridgehead atoms. The molecule has 0 amide bonds. The van der Waals surface area contributed by atoms with Crippen LogP contribution in [0.2, 0.25) is 0 Å². The maximum absolute atomic E-state index is 5.51. The first kappa shape index (κ1) is 13.5. The van der Waals surface area contributed by atoms with Crippen molar-refractivity contribution in [3.63, 3.8) is 0 Å². The Hall–Kier alpha value is -1.88. The number of hydrogen-bond acceptors (Lipinski definition) is 4. The van der Waals surface area contributed by atoms with E-state index in [0.717, 1.165) is 29.8 Å². The molecule has 0 saturated heterocycles. The zero-order valence-electron chi connectivity index (χ0n) is 11.5. The Kier molecular flexibility index (Phi) is 4.52. The SMILES string of the molecule is CCc1ccc(OC)c(Cn2cc(CCN)nn2)c1. The molecular formula is C14H20N4O. The smallest absolute Gasteiger partial charge is 0.123 e. The van der Waals surface area contributed by atoms with Crippen LogP contribution in [0.4, 0.5) is 0 Å². The van der Waals surface area contributed by atoms with Crippen molar-refractivity contribution in [1.82, 2.24) is 15.0 Å². The maximum atomic E-state index is 5.51. The lowest BCUT2D eigenvalue weighted by Gasteiger charge is -2.10. The summed E-state index contributed by atoms with van der Waals surface area (Å²) in [6.45, 7) is 3.39. The van der Waals surface area contributed by atoms with Crippen molar-refractivity contribution in [2.24, 2.45) is 5.73 Å². The number of ether oxygens (including phenoxy) is 1. The van der Waals surface area contributed by atoms with E-state index < -0.39 is 0 Å². The molecule has 2 N–H and O–H groups in total. The second kappa shape index (κ2) is 6.33.